The van der Waals surface area contributed by atoms with Gasteiger partial charge in [0.05, 0.1) is 28.3 Å². The fraction of sp³-hybridized carbons (Fsp3) is 0.0769. The summed E-state index contributed by atoms with van der Waals surface area (Å²) in [6.45, 7) is 0. The Hall–Kier alpha value is -3.88. The zero-order chi connectivity index (χ0) is 21.0. The highest BCUT2D eigenvalue weighted by atomic mass is 32.1. The molecule has 4 nitrogen and oxygen atoms in total. The van der Waals surface area contributed by atoms with Crippen molar-refractivity contribution in [3.05, 3.63) is 107 Å². The second-order valence-electron chi connectivity index (χ2n) is 7.04. The predicted octanol–water partition coefficient (Wildman–Crippen LogP) is 5.46. The molecule has 0 unspecified atom stereocenters. The normalized spacial score (nSPS) is 10.6. The van der Waals surface area contributed by atoms with Gasteiger partial charge in [0.1, 0.15) is 5.75 Å². The summed E-state index contributed by atoms with van der Waals surface area (Å²) in [6, 6.07) is 22.2. The molecule has 150 valence electrons. The van der Waals surface area contributed by atoms with Gasteiger partial charge in [-0.2, -0.15) is 0 Å². The van der Waals surface area contributed by atoms with Crippen molar-refractivity contribution in [3.63, 3.8) is 0 Å². The van der Waals surface area contributed by atoms with E-state index in [-0.39, 0.29) is 0 Å². The van der Waals surface area contributed by atoms with Gasteiger partial charge in [0.15, 0.2) is 5.65 Å². The Morgan fingerprint density at radius 2 is 1.81 bits per heavy atom. The van der Waals surface area contributed by atoms with Crippen molar-refractivity contribution in [1.29, 1.82) is 0 Å². The standard InChI is InChI=1S/C26H19N3OS/c1-30-21-10-7-20(8-11-21)17-23-26-28-24(18-29(26)16-15-27-23)25-14-13-22(31-25)12-9-19-5-3-2-4-6-19/h2-8,10-11,13-16,18H,17H2,1H3. The van der Waals surface area contributed by atoms with Crippen LogP contribution < -0.4 is 4.74 Å². The summed E-state index contributed by atoms with van der Waals surface area (Å²) in [4.78, 5) is 11.6. The Labute approximate surface area is 184 Å². The number of nitrogens with zero attached hydrogens (tertiary/aromatic N) is 3. The summed E-state index contributed by atoms with van der Waals surface area (Å²) in [5.41, 5.74) is 4.93. The summed E-state index contributed by atoms with van der Waals surface area (Å²) in [5.74, 6) is 7.31. The molecule has 0 radical (unpaired) electrons. The highest BCUT2D eigenvalue weighted by Crippen LogP contribution is 2.28. The number of fused-ring (bicyclic) bond motifs is 1. The van der Waals surface area contributed by atoms with Crippen LogP contribution in [0.15, 0.2) is 85.3 Å². The van der Waals surface area contributed by atoms with E-state index in [1.807, 2.05) is 59.3 Å². The quantitative estimate of drug-likeness (QED) is 0.362. The first-order chi connectivity index (χ1) is 15.3. The third kappa shape index (κ3) is 4.20. The van der Waals surface area contributed by atoms with E-state index in [0.717, 1.165) is 38.1 Å². The molecule has 5 heteroatoms. The SMILES string of the molecule is COc1ccc(Cc2nccn3cc(-c4ccc(C#Cc5ccccc5)s4)nc23)cc1. The molecule has 0 aliphatic carbocycles. The number of aromatic nitrogens is 3. The molecule has 0 bridgehead atoms. The van der Waals surface area contributed by atoms with E-state index in [0.29, 0.717) is 6.42 Å². The van der Waals surface area contributed by atoms with E-state index < -0.39 is 0 Å². The van der Waals surface area contributed by atoms with Crippen molar-refractivity contribution >= 4 is 17.0 Å². The van der Waals surface area contributed by atoms with Gasteiger partial charge in [0.25, 0.3) is 0 Å². The number of benzene rings is 2. The molecular formula is C26H19N3OS. The molecular weight excluding hydrogens is 402 g/mol. The van der Waals surface area contributed by atoms with Gasteiger partial charge in [-0.15, -0.1) is 11.3 Å². The van der Waals surface area contributed by atoms with Gasteiger partial charge in [-0.1, -0.05) is 42.2 Å². The summed E-state index contributed by atoms with van der Waals surface area (Å²) in [5, 5.41) is 0. The second kappa shape index (κ2) is 8.47. The van der Waals surface area contributed by atoms with Crippen LogP contribution in [0.4, 0.5) is 0 Å². The summed E-state index contributed by atoms with van der Waals surface area (Å²) in [7, 11) is 1.67. The van der Waals surface area contributed by atoms with Crippen LogP contribution in [0.3, 0.4) is 0 Å². The van der Waals surface area contributed by atoms with Gasteiger partial charge in [-0.3, -0.25) is 4.98 Å². The van der Waals surface area contributed by atoms with Crippen molar-refractivity contribution in [1.82, 2.24) is 14.4 Å². The number of imidazole rings is 1. The number of methoxy groups -OCH3 is 1. The van der Waals surface area contributed by atoms with E-state index in [4.69, 9.17) is 9.72 Å². The minimum Gasteiger partial charge on any atom is -0.497 e. The van der Waals surface area contributed by atoms with Gasteiger partial charge >= 0.3 is 0 Å². The van der Waals surface area contributed by atoms with Crippen molar-refractivity contribution in [3.8, 4) is 28.2 Å². The molecule has 0 atom stereocenters. The van der Waals surface area contributed by atoms with Crippen molar-refractivity contribution < 1.29 is 4.74 Å². The Bertz CT molecular complexity index is 1390. The van der Waals surface area contributed by atoms with Crippen LogP contribution in [-0.4, -0.2) is 21.5 Å². The highest BCUT2D eigenvalue weighted by molar-refractivity contribution is 7.16. The molecule has 2 aromatic carbocycles. The third-order valence-electron chi connectivity index (χ3n) is 4.94. The summed E-state index contributed by atoms with van der Waals surface area (Å²) < 4.78 is 7.28. The lowest BCUT2D eigenvalue weighted by molar-refractivity contribution is 0.414. The van der Waals surface area contributed by atoms with Crippen LogP contribution in [0.1, 0.15) is 21.7 Å². The van der Waals surface area contributed by atoms with Gasteiger partial charge in [-0.25, -0.2) is 4.98 Å². The number of rotatable bonds is 4. The van der Waals surface area contributed by atoms with E-state index in [9.17, 15) is 0 Å². The molecule has 5 rings (SSSR count). The predicted molar refractivity (Wildman–Crippen MR) is 125 cm³/mol. The molecule has 0 amide bonds. The van der Waals surface area contributed by atoms with Crippen LogP contribution >= 0.6 is 11.3 Å². The molecule has 0 fully saturated rings. The Morgan fingerprint density at radius 1 is 0.968 bits per heavy atom. The number of thiophene rings is 1. The molecule has 0 aliphatic heterocycles. The number of hydrogen-bond acceptors (Lipinski definition) is 4. The highest BCUT2D eigenvalue weighted by Gasteiger charge is 2.11. The van der Waals surface area contributed by atoms with Crippen LogP contribution in [0, 0.1) is 11.8 Å². The Kier molecular flexibility index (Phi) is 5.22. The zero-order valence-electron chi connectivity index (χ0n) is 16.9. The van der Waals surface area contributed by atoms with Crippen LogP contribution in [0.5, 0.6) is 5.75 Å². The maximum atomic E-state index is 5.25. The largest absolute Gasteiger partial charge is 0.497 e. The summed E-state index contributed by atoms with van der Waals surface area (Å²) >= 11 is 1.65. The van der Waals surface area contributed by atoms with Crippen molar-refractivity contribution in [2.75, 3.05) is 7.11 Å². The van der Waals surface area contributed by atoms with E-state index in [2.05, 4.69) is 47.3 Å². The van der Waals surface area contributed by atoms with E-state index >= 15 is 0 Å². The molecule has 0 saturated carbocycles. The van der Waals surface area contributed by atoms with Crippen LogP contribution in [0.2, 0.25) is 0 Å². The minimum atomic E-state index is 0.711. The number of hydrogen-bond donors (Lipinski definition) is 0. The first-order valence-electron chi connectivity index (χ1n) is 9.91. The molecule has 3 aromatic heterocycles. The molecule has 31 heavy (non-hydrogen) atoms. The average Bonchev–Trinajstić information content (AvgIpc) is 3.46. The van der Waals surface area contributed by atoms with Crippen molar-refractivity contribution in [2.24, 2.45) is 0 Å². The first-order valence-corrected chi connectivity index (χ1v) is 10.7. The molecule has 3 heterocycles. The van der Waals surface area contributed by atoms with E-state index in [1.165, 1.54) is 5.56 Å². The Balaban J connectivity index is 1.42. The van der Waals surface area contributed by atoms with E-state index in [1.54, 1.807) is 18.4 Å². The monoisotopic (exact) mass is 421 g/mol. The smallest absolute Gasteiger partial charge is 0.159 e. The maximum absolute atomic E-state index is 5.25. The van der Waals surface area contributed by atoms with Gasteiger partial charge in [0, 0.05) is 30.6 Å². The fourth-order valence-corrected chi connectivity index (χ4v) is 4.17. The third-order valence-corrected chi connectivity index (χ3v) is 5.96. The topological polar surface area (TPSA) is 39.4 Å². The van der Waals surface area contributed by atoms with Crippen LogP contribution in [0.25, 0.3) is 16.2 Å². The minimum absolute atomic E-state index is 0.711. The van der Waals surface area contributed by atoms with Gasteiger partial charge < -0.3 is 9.14 Å². The zero-order valence-corrected chi connectivity index (χ0v) is 17.8. The van der Waals surface area contributed by atoms with Crippen molar-refractivity contribution in [2.45, 2.75) is 6.42 Å². The molecule has 0 spiro atoms. The van der Waals surface area contributed by atoms with Crippen LogP contribution in [-0.2, 0) is 6.42 Å². The lowest BCUT2D eigenvalue weighted by Crippen LogP contribution is -1.97. The molecule has 5 aromatic rings. The lowest BCUT2D eigenvalue weighted by atomic mass is 10.1. The fourth-order valence-electron chi connectivity index (χ4n) is 3.35. The summed E-state index contributed by atoms with van der Waals surface area (Å²) in [6.07, 6.45) is 6.52. The van der Waals surface area contributed by atoms with Gasteiger partial charge in [-0.05, 0) is 42.0 Å². The lowest BCUT2D eigenvalue weighted by Gasteiger charge is -2.04. The first kappa shape index (κ1) is 19.1. The molecule has 0 N–H and O–H groups in total. The number of ether oxygens (including phenoxy) is 1. The molecule has 0 saturated heterocycles. The van der Waals surface area contributed by atoms with Gasteiger partial charge in [0.2, 0.25) is 0 Å². The second-order valence-corrected chi connectivity index (χ2v) is 8.12. The Morgan fingerprint density at radius 3 is 2.61 bits per heavy atom. The molecule has 0 aliphatic rings. The average molecular weight is 422 g/mol. The maximum Gasteiger partial charge on any atom is 0.159 e.